The molecule has 0 aromatic heterocycles. The van der Waals surface area contributed by atoms with Crippen LogP contribution in [0.5, 0.6) is 0 Å². The predicted octanol–water partition coefficient (Wildman–Crippen LogP) is 0.346. The lowest BCUT2D eigenvalue weighted by molar-refractivity contribution is -0.146. The average molecular weight is 219 g/mol. The lowest BCUT2D eigenvalue weighted by atomic mass is 10.2. The Morgan fingerprint density at radius 1 is 1.20 bits per heavy atom. The normalized spacial score (nSPS) is 13.3. The second-order valence-electron chi connectivity index (χ2n) is 3.55. The summed E-state index contributed by atoms with van der Waals surface area (Å²) in [6.07, 6.45) is -0.264. The summed E-state index contributed by atoms with van der Waals surface area (Å²) in [7, 11) is 6.48. The van der Waals surface area contributed by atoms with Crippen molar-refractivity contribution in [2.24, 2.45) is 5.92 Å². The number of methoxy groups -OCH3 is 3. The van der Waals surface area contributed by atoms with Crippen LogP contribution in [0, 0.1) is 5.92 Å². The number of carbonyl (C=O) groups is 1. The van der Waals surface area contributed by atoms with Gasteiger partial charge in [0.25, 0.3) is 0 Å². The minimum atomic E-state index is -0.264. The van der Waals surface area contributed by atoms with Gasteiger partial charge in [0.2, 0.25) is 0 Å². The Morgan fingerprint density at radius 3 is 2.13 bits per heavy atom. The molecule has 0 N–H and O–H groups in total. The van der Waals surface area contributed by atoms with Crippen molar-refractivity contribution in [2.45, 2.75) is 13.2 Å². The fourth-order valence-electron chi connectivity index (χ4n) is 1.32. The number of nitrogens with zero attached hydrogens (tertiary/aromatic N) is 1. The molecular weight excluding hydrogens is 198 g/mol. The van der Waals surface area contributed by atoms with Gasteiger partial charge in [-0.25, -0.2) is 0 Å². The molecule has 0 saturated carbocycles. The van der Waals surface area contributed by atoms with Crippen molar-refractivity contribution in [3.05, 3.63) is 0 Å². The Hall–Kier alpha value is -0.650. The zero-order chi connectivity index (χ0) is 11.8. The first-order valence-electron chi connectivity index (χ1n) is 4.87. The number of ether oxygens (including phenoxy) is 3. The predicted molar refractivity (Wildman–Crippen MR) is 56.5 cm³/mol. The van der Waals surface area contributed by atoms with E-state index >= 15 is 0 Å². The van der Waals surface area contributed by atoms with Crippen molar-refractivity contribution in [3.8, 4) is 0 Å². The minimum Gasteiger partial charge on any atom is -0.469 e. The van der Waals surface area contributed by atoms with Crippen LogP contribution in [0.4, 0.5) is 0 Å². The third-order valence-electron chi connectivity index (χ3n) is 2.18. The third kappa shape index (κ3) is 5.71. The van der Waals surface area contributed by atoms with Gasteiger partial charge in [-0.15, -0.1) is 0 Å². The smallest absolute Gasteiger partial charge is 0.309 e. The van der Waals surface area contributed by atoms with Crippen molar-refractivity contribution in [3.63, 3.8) is 0 Å². The van der Waals surface area contributed by atoms with E-state index in [1.54, 1.807) is 14.2 Å². The molecular formula is C10H21NO4. The lowest BCUT2D eigenvalue weighted by Gasteiger charge is -2.23. The van der Waals surface area contributed by atoms with Crippen LogP contribution in [0.25, 0.3) is 0 Å². The molecule has 0 rings (SSSR count). The van der Waals surface area contributed by atoms with E-state index in [-0.39, 0.29) is 18.2 Å². The zero-order valence-electron chi connectivity index (χ0n) is 10.1. The van der Waals surface area contributed by atoms with Crippen molar-refractivity contribution in [1.82, 2.24) is 4.90 Å². The van der Waals surface area contributed by atoms with Crippen LogP contribution in [-0.2, 0) is 19.0 Å². The molecule has 0 amide bonds. The highest BCUT2D eigenvalue weighted by Crippen LogP contribution is 2.02. The molecule has 5 heteroatoms. The molecule has 15 heavy (non-hydrogen) atoms. The highest BCUT2D eigenvalue weighted by Gasteiger charge is 2.17. The second kappa shape index (κ2) is 7.62. The summed E-state index contributed by atoms with van der Waals surface area (Å²) in [5.41, 5.74) is 0. The quantitative estimate of drug-likeness (QED) is 0.456. The highest BCUT2D eigenvalue weighted by atomic mass is 16.7. The molecule has 0 saturated heterocycles. The number of carbonyl (C=O) groups excluding carboxylic acids is 1. The van der Waals surface area contributed by atoms with E-state index in [1.807, 2.05) is 18.9 Å². The Morgan fingerprint density at radius 2 is 1.73 bits per heavy atom. The van der Waals surface area contributed by atoms with Crippen LogP contribution in [0.2, 0.25) is 0 Å². The van der Waals surface area contributed by atoms with Gasteiger partial charge in [-0.3, -0.25) is 4.79 Å². The molecule has 0 aromatic rings. The Balaban J connectivity index is 3.91. The fraction of sp³-hybridized carbons (Fsp3) is 0.900. The lowest BCUT2D eigenvalue weighted by Crippen LogP contribution is -2.36. The summed E-state index contributed by atoms with van der Waals surface area (Å²) >= 11 is 0. The molecule has 90 valence electrons. The Kier molecular flexibility index (Phi) is 7.29. The van der Waals surface area contributed by atoms with E-state index in [2.05, 4.69) is 4.74 Å². The number of rotatable bonds is 7. The topological polar surface area (TPSA) is 48.0 Å². The van der Waals surface area contributed by atoms with Gasteiger partial charge in [0.15, 0.2) is 6.29 Å². The van der Waals surface area contributed by atoms with Crippen LogP contribution >= 0.6 is 0 Å². The van der Waals surface area contributed by atoms with Gasteiger partial charge in [0.1, 0.15) is 0 Å². The minimum absolute atomic E-state index is 0.144. The largest absolute Gasteiger partial charge is 0.469 e. The number of likely N-dealkylation sites (N-methyl/N-ethyl adjacent to an activating group) is 1. The van der Waals surface area contributed by atoms with Gasteiger partial charge in [-0.05, 0) is 7.05 Å². The van der Waals surface area contributed by atoms with Crippen molar-refractivity contribution >= 4 is 5.97 Å². The molecule has 0 radical (unpaired) electrons. The average Bonchev–Trinajstić information content (AvgIpc) is 2.24. The van der Waals surface area contributed by atoms with Crippen LogP contribution in [0.1, 0.15) is 6.92 Å². The van der Waals surface area contributed by atoms with Gasteiger partial charge in [-0.2, -0.15) is 0 Å². The van der Waals surface area contributed by atoms with Gasteiger partial charge in [-0.1, -0.05) is 6.92 Å². The zero-order valence-corrected chi connectivity index (χ0v) is 10.1. The van der Waals surface area contributed by atoms with Crippen LogP contribution in [0.3, 0.4) is 0 Å². The van der Waals surface area contributed by atoms with Crippen LogP contribution < -0.4 is 0 Å². The molecule has 0 aliphatic heterocycles. The molecule has 5 nitrogen and oxygen atoms in total. The Bertz CT molecular complexity index is 182. The molecule has 0 spiro atoms. The summed E-state index contributed by atoms with van der Waals surface area (Å²) in [5, 5.41) is 0. The molecule has 0 bridgehead atoms. The van der Waals surface area contributed by atoms with Crippen LogP contribution in [0.15, 0.2) is 0 Å². The Labute approximate surface area is 91.3 Å². The van der Waals surface area contributed by atoms with E-state index in [4.69, 9.17) is 9.47 Å². The number of esters is 1. The first kappa shape index (κ1) is 14.3. The van der Waals surface area contributed by atoms with Crippen molar-refractivity contribution < 1.29 is 19.0 Å². The fourth-order valence-corrected chi connectivity index (χ4v) is 1.32. The van der Waals surface area contributed by atoms with Gasteiger partial charge in [0, 0.05) is 27.3 Å². The summed E-state index contributed by atoms with van der Waals surface area (Å²) in [6.45, 7) is 3.07. The molecule has 0 aliphatic carbocycles. The third-order valence-corrected chi connectivity index (χ3v) is 2.18. The van der Waals surface area contributed by atoms with E-state index in [1.165, 1.54) is 7.11 Å². The maximum Gasteiger partial charge on any atom is 0.309 e. The van der Waals surface area contributed by atoms with E-state index in [9.17, 15) is 4.79 Å². The number of hydrogen-bond donors (Lipinski definition) is 0. The van der Waals surface area contributed by atoms with Gasteiger partial charge >= 0.3 is 5.97 Å². The maximum atomic E-state index is 11.2. The summed E-state index contributed by atoms with van der Waals surface area (Å²) in [4.78, 5) is 13.1. The van der Waals surface area contributed by atoms with Gasteiger partial charge in [0.05, 0.1) is 13.0 Å². The first-order valence-corrected chi connectivity index (χ1v) is 4.87. The molecule has 1 atom stereocenters. The second-order valence-corrected chi connectivity index (χ2v) is 3.55. The van der Waals surface area contributed by atoms with Crippen LogP contribution in [-0.4, -0.2) is 58.6 Å². The maximum absolute atomic E-state index is 11.2. The van der Waals surface area contributed by atoms with Gasteiger partial charge < -0.3 is 19.1 Å². The molecule has 0 aromatic carbocycles. The molecule has 0 heterocycles. The number of hydrogen-bond acceptors (Lipinski definition) is 5. The molecule has 1 unspecified atom stereocenters. The summed E-state index contributed by atoms with van der Waals surface area (Å²) in [5.74, 6) is -0.345. The van der Waals surface area contributed by atoms with Crippen molar-refractivity contribution in [1.29, 1.82) is 0 Å². The van der Waals surface area contributed by atoms with E-state index < -0.39 is 0 Å². The summed E-state index contributed by atoms with van der Waals surface area (Å²) in [6, 6.07) is 0. The van der Waals surface area contributed by atoms with Crippen molar-refractivity contribution in [2.75, 3.05) is 41.5 Å². The van der Waals surface area contributed by atoms with E-state index in [0.29, 0.717) is 13.1 Å². The molecule has 0 aliphatic rings. The molecule has 0 fully saturated rings. The first-order chi connectivity index (χ1) is 7.04. The SMILES string of the molecule is COC(=O)C(C)CN(C)CC(OC)OC. The highest BCUT2D eigenvalue weighted by molar-refractivity contribution is 5.71. The van der Waals surface area contributed by atoms with E-state index in [0.717, 1.165) is 0 Å². The summed E-state index contributed by atoms with van der Waals surface area (Å²) < 4.78 is 14.8. The monoisotopic (exact) mass is 219 g/mol. The standard InChI is InChI=1S/C10H21NO4/c1-8(10(12)15-5)6-11(2)7-9(13-3)14-4/h8-9H,6-7H2,1-5H3.